The zero-order valence-corrected chi connectivity index (χ0v) is 20.2. The van der Waals surface area contributed by atoms with E-state index in [-0.39, 0.29) is 30.8 Å². The van der Waals surface area contributed by atoms with Crippen molar-refractivity contribution >= 4 is 11.8 Å². The Morgan fingerprint density at radius 2 is 1.64 bits per heavy atom. The van der Waals surface area contributed by atoms with Crippen molar-refractivity contribution in [3.63, 3.8) is 0 Å². The molecule has 0 fully saturated rings. The number of carbonyl (C=O) groups is 2. The predicted octanol–water partition coefficient (Wildman–Crippen LogP) is 4.15. The number of hydrogen-bond acceptors (Lipinski definition) is 4. The second-order valence-electron chi connectivity index (χ2n) is 8.70. The summed E-state index contributed by atoms with van der Waals surface area (Å²) in [5.41, 5.74) is 7.77. The molecule has 0 aliphatic rings. The fraction of sp³-hybridized carbons (Fsp3) is 0.481. The van der Waals surface area contributed by atoms with Gasteiger partial charge in [-0.3, -0.25) is 9.59 Å². The average molecular weight is 454 g/mol. The van der Waals surface area contributed by atoms with Gasteiger partial charge >= 0.3 is 0 Å². The Labute approximate surface area is 198 Å². The molecule has 180 valence electrons. The van der Waals surface area contributed by atoms with Crippen LogP contribution in [0.5, 0.6) is 5.75 Å². The van der Waals surface area contributed by atoms with E-state index in [1.807, 2.05) is 61.5 Å². The highest BCUT2D eigenvalue weighted by molar-refractivity contribution is 5.82. The molecule has 1 unspecified atom stereocenters. The number of benzene rings is 2. The quantitative estimate of drug-likeness (QED) is 0.401. The Hall–Kier alpha value is -2.86. The lowest BCUT2D eigenvalue weighted by Crippen LogP contribution is -2.44. The van der Waals surface area contributed by atoms with Gasteiger partial charge in [0.1, 0.15) is 5.75 Å². The second-order valence-corrected chi connectivity index (χ2v) is 8.70. The summed E-state index contributed by atoms with van der Waals surface area (Å²) in [7, 11) is 0. The number of amides is 2. The van der Waals surface area contributed by atoms with Crippen LogP contribution in [0.1, 0.15) is 63.6 Å². The highest BCUT2D eigenvalue weighted by atomic mass is 16.5. The molecule has 0 bridgehead atoms. The monoisotopic (exact) mass is 453 g/mol. The van der Waals surface area contributed by atoms with Gasteiger partial charge in [-0.2, -0.15) is 0 Å². The molecule has 0 aliphatic heterocycles. The third-order valence-electron chi connectivity index (χ3n) is 5.56. The number of carbonyl (C=O) groups excluding carboxylic acids is 2. The fourth-order valence-electron chi connectivity index (χ4n) is 3.67. The van der Waals surface area contributed by atoms with Gasteiger partial charge in [-0.15, -0.1) is 0 Å². The molecular weight excluding hydrogens is 414 g/mol. The average Bonchev–Trinajstić information content (AvgIpc) is 2.81. The van der Waals surface area contributed by atoms with Crippen LogP contribution in [-0.2, 0) is 16.0 Å². The molecule has 3 atom stereocenters. The number of hydrogen-bond donors (Lipinski definition) is 3. The van der Waals surface area contributed by atoms with Crippen molar-refractivity contribution in [2.75, 3.05) is 13.2 Å². The molecule has 2 aromatic rings. The van der Waals surface area contributed by atoms with Crippen LogP contribution in [0.4, 0.5) is 0 Å². The minimum atomic E-state index is -0.545. The van der Waals surface area contributed by atoms with Crippen LogP contribution >= 0.6 is 0 Å². The highest BCUT2D eigenvalue weighted by Gasteiger charge is 2.19. The van der Waals surface area contributed by atoms with Crippen LogP contribution in [0.25, 0.3) is 0 Å². The molecular formula is C27H39N3O3. The molecule has 2 rings (SSSR count). The van der Waals surface area contributed by atoms with Gasteiger partial charge < -0.3 is 21.1 Å². The van der Waals surface area contributed by atoms with Gasteiger partial charge in [-0.05, 0) is 42.0 Å². The molecule has 0 spiro atoms. The first-order valence-electron chi connectivity index (χ1n) is 12.0. The van der Waals surface area contributed by atoms with Gasteiger partial charge in [0.05, 0.1) is 25.1 Å². The minimum absolute atomic E-state index is 0.105. The predicted molar refractivity (Wildman–Crippen MR) is 133 cm³/mol. The van der Waals surface area contributed by atoms with E-state index in [4.69, 9.17) is 10.5 Å². The van der Waals surface area contributed by atoms with Gasteiger partial charge in [-0.25, -0.2) is 0 Å². The third kappa shape index (κ3) is 9.66. The molecule has 0 saturated heterocycles. The number of nitrogens with two attached hydrogens (primary N) is 1. The van der Waals surface area contributed by atoms with Gasteiger partial charge in [-0.1, -0.05) is 76.1 Å². The first-order chi connectivity index (χ1) is 15.9. The number of ether oxygens (including phenoxy) is 1. The fourth-order valence-corrected chi connectivity index (χ4v) is 3.67. The molecule has 6 heteroatoms. The Morgan fingerprint density at radius 1 is 0.970 bits per heavy atom. The van der Waals surface area contributed by atoms with Crippen molar-refractivity contribution in [1.29, 1.82) is 0 Å². The molecule has 0 aliphatic carbocycles. The van der Waals surface area contributed by atoms with Gasteiger partial charge in [0.2, 0.25) is 11.8 Å². The van der Waals surface area contributed by atoms with Crippen LogP contribution in [0.15, 0.2) is 54.6 Å². The lowest BCUT2D eigenvalue weighted by molar-refractivity contribution is -0.124. The van der Waals surface area contributed by atoms with Crippen LogP contribution in [-0.4, -0.2) is 31.0 Å². The van der Waals surface area contributed by atoms with E-state index >= 15 is 0 Å². The summed E-state index contributed by atoms with van der Waals surface area (Å²) in [4.78, 5) is 25.0. The first kappa shape index (κ1) is 26.4. The van der Waals surface area contributed by atoms with Gasteiger partial charge in [0.15, 0.2) is 0 Å². The van der Waals surface area contributed by atoms with Crippen molar-refractivity contribution < 1.29 is 14.3 Å². The summed E-state index contributed by atoms with van der Waals surface area (Å²) in [6, 6.07) is 16.4. The van der Waals surface area contributed by atoms with E-state index in [0.717, 1.165) is 36.1 Å². The summed E-state index contributed by atoms with van der Waals surface area (Å²) >= 11 is 0. The topological polar surface area (TPSA) is 93.4 Å². The van der Waals surface area contributed by atoms with E-state index in [0.29, 0.717) is 18.9 Å². The molecule has 33 heavy (non-hydrogen) atoms. The molecule has 0 saturated carbocycles. The Morgan fingerprint density at radius 3 is 2.27 bits per heavy atom. The Balaban J connectivity index is 2.05. The van der Waals surface area contributed by atoms with E-state index in [1.165, 1.54) is 0 Å². The molecule has 0 radical (unpaired) electrons. The minimum Gasteiger partial charge on any atom is -0.493 e. The highest BCUT2D eigenvalue weighted by Crippen LogP contribution is 2.19. The van der Waals surface area contributed by atoms with Gasteiger partial charge in [0.25, 0.3) is 0 Å². The normalized spacial score (nSPS) is 13.6. The maximum Gasteiger partial charge on any atom is 0.236 e. The molecule has 4 N–H and O–H groups in total. The van der Waals surface area contributed by atoms with Crippen LogP contribution in [0.3, 0.4) is 0 Å². The second kappa shape index (κ2) is 14.3. The van der Waals surface area contributed by atoms with E-state index in [9.17, 15) is 9.59 Å². The Kier molecular flexibility index (Phi) is 11.5. The SMILES string of the molecule is CCCC(C)COc1ccc([C@H](CNC(=O)[C@H](N)CCC)NC(=O)Cc2ccccc2)cc1. The van der Waals surface area contributed by atoms with E-state index in [1.54, 1.807) is 0 Å². The maximum absolute atomic E-state index is 12.7. The maximum atomic E-state index is 12.7. The number of nitrogens with one attached hydrogen (secondary N) is 2. The van der Waals surface area contributed by atoms with Crippen molar-refractivity contribution in [3.05, 3.63) is 65.7 Å². The molecule has 0 aromatic heterocycles. The van der Waals surface area contributed by atoms with Crippen molar-refractivity contribution in [3.8, 4) is 5.75 Å². The van der Waals surface area contributed by atoms with Crippen LogP contribution in [0.2, 0.25) is 0 Å². The van der Waals surface area contributed by atoms with Gasteiger partial charge in [0, 0.05) is 6.54 Å². The number of rotatable bonds is 14. The Bertz CT molecular complexity index is 839. The summed E-state index contributed by atoms with van der Waals surface area (Å²) in [6.45, 7) is 7.29. The zero-order valence-electron chi connectivity index (χ0n) is 20.2. The molecule has 2 amide bonds. The van der Waals surface area contributed by atoms with Crippen LogP contribution in [0, 0.1) is 5.92 Å². The lowest BCUT2D eigenvalue weighted by Gasteiger charge is -2.22. The molecule has 2 aromatic carbocycles. The summed E-state index contributed by atoms with van der Waals surface area (Å²) < 4.78 is 5.90. The summed E-state index contributed by atoms with van der Waals surface area (Å²) in [5, 5.41) is 5.95. The van der Waals surface area contributed by atoms with Crippen LogP contribution < -0.4 is 21.1 Å². The smallest absolute Gasteiger partial charge is 0.236 e. The lowest BCUT2D eigenvalue weighted by atomic mass is 10.0. The summed E-state index contributed by atoms with van der Waals surface area (Å²) in [5.74, 6) is 0.989. The van der Waals surface area contributed by atoms with Crippen molar-refractivity contribution in [1.82, 2.24) is 10.6 Å². The first-order valence-corrected chi connectivity index (χ1v) is 12.0. The standard InChI is InChI=1S/C27H39N3O3/c1-4-9-20(3)19-33-23-15-13-22(14-16-23)25(18-29-27(32)24(28)10-5-2)30-26(31)17-21-11-7-6-8-12-21/h6-8,11-16,20,24-25H,4-5,9-10,17-19,28H2,1-3H3,(H,29,32)(H,30,31)/t20?,24-,25+/m1/s1. The van der Waals surface area contributed by atoms with E-state index in [2.05, 4.69) is 24.5 Å². The largest absolute Gasteiger partial charge is 0.493 e. The molecule has 0 heterocycles. The van der Waals surface area contributed by atoms with Crippen molar-refractivity contribution in [2.24, 2.45) is 11.7 Å². The molecule has 6 nitrogen and oxygen atoms in total. The van der Waals surface area contributed by atoms with E-state index < -0.39 is 6.04 Å². The zero-order chi connectivity index (χ0) is 24.1. The van der Waals surface area contributed by atoms with Crippen molar-refractivity contribution in [2.45, 2.75) is 65.0 Å². The third-order valence-corrected chi connectivity index (χ3v) is 5.56. The summed E-state index contributed by atoms with van der Waals surface area (Å²) in [6.07, 6.45) is 4.01.